The van der Waals surface area contributed by atoms with Crippen LogP contribution in [0.5, 0.6) is 0 Å². The number of hydrogen-bond donors (Lipinski definition) is 2. The van der Waals surface area contributed by atoms with Gasteiger partial charge in [-0.25, -0.2) is 0 Å². The van der Waals surface area contributed by atoms with Crippen molar-refractivity contribution >= 4 is 11.9 Å². The van der Waals surface area contributed by atoms with Crippen molar-refractivity contribution in [1.29, 1.82) is 0 Å². The van der Waals surface area contributed by atoms with Gasteiger partial charge >= 0.3 is 5.97 Å². The van der Waals surface area contributed by atoms with E-state index in [0.717, 1.165) is 13.1 Å². The van der Waals surface area contributed by atoms with Crippen LogP contribution >= 0.6 is 0 Å². The molecule has 14 heavy (non-hydrogen) atoms. The summed E-state index contributed by atoms with van der Waals surface area (Å²) in [5, 5.41) is 8.79. The Hall–Kier alpha value is -1.10. The molecule has 0 aromatic heterocycles. The van der Waals surface area contributed by atoms with E-state index >= 15 is 0 Å². The predicted octanol–water partition coefficient (Wildman–Crippen LogP) is -0.587. The molecule has 0 unspecified atom stereocenters. The zero-order valence-corrected chi connectivity index (χ0v) is 8.40. The number of aliphatic carboxylic acids is 1. The molecule has 5 nitrogen and oxygen atoms in total. The number of carboxylic acid groups (broad SMARTS) is 1. The molecule has 0 aromatic rings. The van der Waals surface area contributed by atoms with E-state index in [2.05, 4.69) is 0 Å². The summed E-state index contributed by atoms with van der Waals surface area (Å²) >= 11 is 0. The Labute approximate surface area is 83.1 Å². The van der Waals surface area contributed by atoms with Crippen LogP contribution in [-0.2, 0) is 9.59 Å². The Morgan fingerprint density at radius 2 is 1.93 bits per heavy atom. The topological polar surface area (TPSA) is 80.4 Å². The third-order valence-electron chi connectivity index (χ3n) is 2.92. The number of carbonyl (C=O) groups is 2. The highest BCUT2D eigenvalue weighted by Crippen LogP contribution is 2.21. The molecule has 0 atom stereocenters. The van der Waals surface area contributed by atoms with Crippen LogP contribution in [0.25, 0.3) is 0 Å². The second kappa shape index (κ2) is 3.96. The Morgan fingerprint density at radius 1 is 1.43 bits per heavy atom. The van der Waals surface area contributed by atoms with Gasteiger partial charge in [0.1, 0.15) is 0 Å². The minimum Gasteiger partial charge on any atom is -0.481 e. The molecule has 1 saturated heterocycles. The van der Waals surface area contributed by atoms with Crippen molar-refractivity contribution < 1.29 is 19.2 Å². The van der Waals surface area contributed by atoms with E-state index in [1.807, 2.05) is 7.05 Å². The molecule has 80 valence electrons. The number of amides is 1. The van der Waals surface area contributed by atoms with Gasteiger partial charge in [-0.2, -0.15) is 0 Å². The van der Waals surface area contributed by atoms with Gasteiger partial charge in [-0.05, 0) is 0 Å². The number of quaternary nitrogens is 1. The van der Waals surface area contributed by atoms with Gasteiger partial charge in [0.15, 0.2) is 6.54 Å². The summed E-state index contributed by atoms with van der Waals surface area (Å²) in [6.45, 7) is 1.76. The first-order valence-electron chi connectivity index (χ1n) is 4.78. The average molecular weight is 201 g/mol. The lowest BCUT2D eigenvalue weighted by Gasteiger charge is -2.38. The molecule has 0 saturated carbocycles. The van der Waals surface area contributed by atoms with Gasteiger partial charge in [-0.3, -0.25) is 9.59 Å². The monoisotopic (exact) mass is 201 g/mol. The lowest BCUT2D eigenvalue weighted by atomic mass is 9.95. The number of carboxylic acids is 1. The van der Waals surface area contributed by atoms with Crippen LogP contribution in [0.4, 0.5) is 0 Å². The molecule has 0 spiro atoms. The maximum atomic E-state index is 10.8. The predicted molar refractivity (Wildman–Crippen MR) is 50.3 cm³/mol. The second-order valence-corrected chi connectivity index (χ2v) is 4.30. The van der Waals surface area contributed by atoms with E-state index < -0.39 is 5.97 Å². The number of rotatable bonds is 3. The molecule has 0 aliphatic carbocycles. The first-order chi connectivity index (χ1) is 6.43. The Bertz CT molecular complexity index is 244. The third-order valence-corrected chi connectivity index (χ3v) is 2.92. The number of piperidine rings is 1. The molecule has 0 bridgehead atoms. The first-order valence-corrected chi connectivity index (χ1v) is 4.78. The van der Waals surface area contributed by atoms with Crippen LogP contribution in [0.3, 0.4) is 0 Å². The number of nitrogens with two attached hydrogens (primary N) is 1. The van der Waals surface area contributed by atoms with Crippen molar-refractivity contribution in [2.45, 2.75) is 12.8 Å². The number of likely N-dealkylation sites (N-methyl/N-ethyl adjacent to an activating group) is 1. The minimum atomic E-state index is -0.727. The minimum absolute atomic E-state index is 0.242. The summed E-state index contributed by atoms with van der Waals surface area (Å²) in [7, 11) is 1.95. The largest absolute Gasteiger partial charge is 0.481 e. The van der Waals surface area contributed by atoms with Crippen molar-refractivity contribution in [2.24, 2.45) is 11.7 Å². The van der Waals surface area contributed by atoms with E-state index in [1.165, 1.54) is 0 Å². The number of carbonyl (C=O) groups excluding carboxylic acids is 1. The van der Waals surface area contributed by atoms with Crippen molar-refractivity contribution in [3.63, 3.8) is 0 Å². The van der Waals surface area contributed by atoms with Crippen molar-refractivity contribution in [1.82, 2.24) is 0 Å². The van der Waals surface area contributed by atoms with E-state index in [4.69, 9.17) is 10.8 Å². The van der Waals surface area contributed by atoms with Crippen LogP contribution in [-0.4, -0.2) is 48.1 Å². The summed E-state index contributed by atoms with van der Waals surface area (Å²) in [6.07, 6.45) is 1.28. The summed E-state index contributed by atoms with van der Waals surface area (Å²) in [4.78, 5) is 21.5. The van der Waals surface area contributed by atoms with Gasteiger partial charge in [0.25, 0.3) is 5.91 Å². The number of hydrogen-bond acceptors (Lipinski definition) is 2. The number of primary amides is 1. The van der Waals surface area contributed by atoms with E-state index in [-0.39, 0.29) is 11.8 Å². The summed E-state index contributed by atoms with van der Waals surface area (Å²) < 4.78 is 0.582. The van der Waals surface area contributed by atoms with E-state index in [1.54, 1.807) is 0 Å². The average Bonchev–Trinajstić information content (AvgIpc) is 2.02. The van der Waals surface area contributed by atoms with Crippen LogP contribution in [0.2, 0.25) is 0 Å². The van der Waals surface area contributed by atoms with Gasteiger partial charge in [-0.15, -0.1) is 0 Å². The summed E-state index contributed by atoms with van der Waals surface area (Å²) in [5.74, 6) is -1.29. The molecule has 1 amide bonds. The molecule has 3 N–H and O–H groups in total. The molecule has 1 fully saturated rings. The molecule has 1 heterocycles. The highest BCUT2D eigenvalue weighted by Gasteiger charge is 2.34. The maximum absolute atomic E-state index is 10.8. The summed E-state index contributed by atoms with van der Waals surface area (Å²) in [5.41, 5.74) is 5.13. The van der Waals surface area contributed by atoms with E-state index in [9.17, 15) is 9.59 Å². The standard InChI is InChI=1S/C9H16N2O3/c1-11(6-8(10)12)4-2-7(3-5-11)9(13)14/h7H,2-6H2,1H3,(H2-,10,12,13,14)/p+1. The van der Waals surface area contributed by atoms with Crippen LogP contribution < -0.4 is 5.73 Å². The molecule has 0 radical (unpaired) electrons. The molecular formula is C9H17N2O3+. The van der Waals surface area contributed by atoms with Gasteiger partial charge in [0, 0.05) is 12.8 Å². The number of nitrogens with zero attached hydrogens (tertiary/aromatic N) is 1. The first kappa shape index (κ1) is 11.0. The lowest BCUT2D eigenvalue weighted by Crippen LogP contribution is -2.54. The van der Waals surface area contributed by atoms with Crippen LogP contribution in [0.1, 0.15) is 12.8 Å². The lowest BCUT2D eigenvalue weighted by molar-refractivity contribution is -0.907. The molecule has 0 aromatic carbocycles. The summed E-state index contributed by atoms with van der Waals surface area (Å²) in [6, 6.07) is 0. The SMILES string of the molecule is C[N+]1(CC(N)=O)CCC(C(=O)O)CC1. The molecule has 1 aliphatic heterocycles. The van der Waals surface area contributed by atoms with Crippen molar-refractivity contribution in [2.75, 3.05) is 26.7 Å². The zero-order valence-electron chi connectivity index (χ0n) is 8.40. The third kappa shape index (κ3) is 2.70. The van der Waals surface area contributed by atoms with Crippen molar-refractivity contribution in [3.8, 4) is 0 Å². The fourth-order valence-corrected chi connectivity index (χ4v) is 1.97. The fourth-order valence-electron chi connectivity index (χ4n) is 1.97. The number of likely N-dealkylation sites (tertiary alicyclic amines) is 1. The second-order valence-electron chi connectivity index (χ2n) is 4.30. The van der Waals surface area contributed by atoms with Crippen LogP contribution in [0.15, 0.2) is 0 Å². The van der Waals surface area contributed by atoms with Crippen molar-refractivity contribution in [3.05, 3.63) is 0 Å². The Balaban J connectivity index is 2.48. The Kier molecular flexibility index (Phi) is 3.10. The quantitative estimate of drug-likeness (QED) is 0.599. The van der Waals surface area contributed by atoms with E-state index in [0.29, 0.717) is 23.9 Å². The smallest absolute Gasteiger partial charge is 0.306 e. The zero-order chi connectivity index (χ0) is 10.8. The molecular weight excluding hydrogens is 184 g/mol. The van der Waals surface area contributed by atoms with Gasteiger partial charge < -0.3 is 15.3 Å². The van der Waals surface area contributed by atoms with Gasteiger partial charge in [-0.1, -0.05) is 0 Å². The highest BCUT2D eigenvalue weighted by molar-refractivity contribution is 5.75. The van der Waals surface area contributed by atoms with Crippen LogP contribution in [0, 0.1) is 5.92 Å². The fraction of sp³-hybridized carbons (Fsp3) is 0.778. The molecule has 1 aliphatic rings. The highest BCUT2D eigenvalue weighted by atomic mass is 16.4. The normalized spacial score (nSPS) is 32.5. The van der Waals surface area contributed by atoms with Gasteiger partial charge in [0.05, 0.1) is 26.1 Å². The molecule has 5 heteroatoms. The van der Waals surface area contributed by atoms with Gasteiger partial charge in [0.2, 0.25) is 0 Å². The molecule has 1 rings (SSSR count). The Morgan fingerprint density at radius 3 is 2.29 bits per heavy atom. The maximum Gasteiger partial charge on any atom is 0.306 e.